The van der Waals surface area contributed by atoms with Crippen molar-refractivity contribution < 1.29 is 8.78 Å². The molecule has 0 fully saturated rings. The van der Waals surface area contributed by atoms with Crippen molar-refractivity contribution in [3.05, 3.63) is 57.8 Å². The Morgan fingerprint density at radius 3 is 2.31 bits per heavy atom. The van der Waals surface area contributed by atoms with Crippen LogP contribution in [0.3, 0.4) is 0 Å². The summed E-state index contributed by atoms with van der Waals surface area (Å²) in [5.74, 6) is 4.16. The predicted octanol–water partition coefficient (Wildman–Crippen LogP) is 2.58. The molecule has 0 amide bonds. The monoisotopic (exact) mass is 240 g/mol. The summed E-state index contributed by atoms with van der Waals surface area (Å²) in [5.41, 5.74) is 2.38. The number of benzene rings is 1. The lowest BCUT2D eigenvalue weighted by Crippen LogP contribution is -2.29. The van der Waals surface area contributed by atoms with E-state index in [0.29, 0.717) is 0 Å². The van der Waals surface area contributed by atoms with Crippen molar-refractivity contribution in [2.24, 2.45) is 5.84 Å². The highest BCUT2D eigenvalue weighted by Gasteiger charge is 2.21. The average molecular weight is 240 g/mol. The minimum Gasteiger partial charge on any atom is -0.271 e. The Labute approximate surface area is 95.7 Å². The van der Waals surface area contributed by atoms with E-state index in [2.05, 4.69) is 5.43 Å². The van der Waals surface area contributed by atoms with Crippen LogP contribution in [-0.2, 0) is 0 Å². The Balaban J connectivity index is 2.49. The molecule has 0 spiro atoms. The molecule has 2 nitrogen and oxygen atoms in total. The highest BCUT2D eigenvalue weighted by Crippen LogP contribution is 2.28. The average Bonchev–Trinajstić information content (AvgIpc) is 2.77. The van der Waals surface area contributed by atoms with Crippen molar-refractivity contribution in [2.45, 2.75) is 6.04 Å². The third kappa shape index (κ3) is 1.97. The van der Waals surface area contributed by atoms with Crippen LogP contribution in [0.25, 0.3) is 0 Å². The van der Waals surface area contributed by atoms with Crippen LogP contribution in [0.1, 0.15) is 16.5 Å². The molecule has 0 bridgehead atoms. The van der Waals surface area contributed by atoms with Crippen LogP contribution in [0.2, 0.25) is 0 Å². The van der Waals surface area contributed by atoms with Gasteiger partial charge in [0.05, 0.1) is 6.04 Å². The Morgan fingerprint density at radius 1 is 1.12 bits per heavy atom. The number of hydrazine groups is 1. The Morgan fingerprint density at radius 2 is 1.81 bits per heavy atom. The molecule has 0 aliphatic carbocycles. The summed E-state index contributed by atoms with van der Waals surface area (Å²) in [7, 11) is 0. The van der Waals surface area contributed by atoms with Gasteiger partial charge >= 0.3 is 0 Å². The van der Waals surface area contributed by atoms with E-state index in [9.17, 15) is 8.78 Å². The molecule has 1 atom stereocenters. The quantitative estimate of drug-likeness (QED) is 0.639. The van der Waals surface area contributed by atoms with Gasteiger partial charge < -0.3 is 0 Å². The summed E-state index contributed by atoms with van der Waals surface area (Å²) in [6.45, 7) is 0. The molecule has 16 heavy (non-hydrogen) atoms. The zero-order chi connectivity index (χ0) is 11.5. The van der Waals surface area contributed by atoms with E-state index < -0.39 is 17.7 Å². The van der Waals surface area contributed by atoms with Gasteiger partial charge in [0.1, 0.15) is 11.6 Å². The first-order valence-electron chi connectivity index (χ1n) is 4.67. The van der Waals surface area contributed by atoms with Gasteiger partial charge in [-0.05, 0) is 23.6 Å². The van der Waals surface area contributed by atoms with Crippen LogP contribution in [0.15, 0.2) is 35.7 Å². The molecule has 0 radical (unpaired) electrons. The van der Waals surface area contributed by atoms with Crippen LogP contribution in [0.4, 0.5) is 8.78 Å². The molecule has 2 rings (SSSR count). The van der Waals surface area contributed by atoms with Crippen LogP contribution < -0.4 is 11.3 Å². The highest BCUT2D eigenvalue weighted by atomic mass is 32.1. The lowest BCUT2D eigenvalue weighted by Gasteiger charge is -2.16. The molecular weight excluding hydrogens is 230 g/mol. The lowest BCUT2D eigenvalue weighted by atomic mass is 10.0. The Hall–Kier alpha value is -1.30. The molecule has 1 aromatic heterocycles. The normalized spacial score (nSPS) is 12.7. The molecule has 0 saturated carbocycles. The number of hydrogen-bond donors (Lipinski definition) is 2. The second kappa shape index (κ2) is 4.69. The number of thiophene rings is 1. The van der Waals surface area contributed by atoms with Gasteiger partial charge in [-0.15, -0.1) is 11.3 Å². The summed E-state index contributed by atoms with van der Waals surface area (Å²) in [6.07, 6.45) is 0. The molecule has 0 aliphatic rings. The maximum absolute atomic E-state index is 13.5. The minimum absolute atomic E-state index is 0.0487. The second-order valence-electron chi connectivity index (χ2n) is 3.25. The Kier molecular flexibility index (Phi) is 3.28. The first-order valence-corrected chi connectivity index (χ1v) is 5.55. The van der Waals surface area contributed by atoms with E-state index >= 15 is 0 Å². The van der Waals surface area contributed by atoms with Crippen LogP contribution in [0, 0.1) is 11.6 Å². The van der Waals surface area contributed by atoms with E-state index in [1.165, 1.54) is 29.5 Å². The van der Waals surface area contributed by atoms with Gasteiger partial charge in [-0.2, -0.15) is 0 Å². The first kappa shape index (κ1) is 11.2. The maximum atomic E-state index is 13.5. The zero-order valence-electron chi connectivity index (χ0n) is 8.28. The number of nitrogens with two attached hydrogens (primary N) is 1. The second-order valence-corrected chi connectivity index (χ2v) is 4.23. The molecule has 1 aromatic carbocycles. The summed E-state index contributed by atoms with van der Waals surface area (Å²) in [6, 6.07) is 6.70. The van der Waals surface area contributed by atoms with Gasteiger partial charge in [0.25, 0.3) is 0 Å². The molecule has 1 heterocycles. The van der Waals surface area contributed by atoms with Crippen molar-refractivity contribution in [3.63, 3.8) is 0 Å². The fourth-order valence-electron chi connectivity index (χ4n) is 1.55. The largest absolute Gasteiger partial charge is 0.271 e. The fraction of sp³-hybridized carbons (Fsp3) is 0.0909. The maximum Gasteiger partial charge on any atom is 0.131 e. The van der Waals surface area contributed by atoms with Gasteiger partial charge in [-0.25, -0.2) is 14.2 Å². The SMILES string of the molecule is NNC(c1cccs1)c1c(F)cccc1F. The van der Waals surface area contributed by atoms with E-state index in [1.54, 1.807) is 6.07 Å². The molecule has 3 N–H and O–H groups in total. The summed E-state index contributed by atoms with van der Waals surface area (Å²) < 4.78 is 27.1. The zero-order valence-corrected chi connectivity index (χ0v) is 9.10. The summed E-state index contributed by atoms with van der Waals surface area (Å²) in [4.78, 5) is 0.770. The van der Waals surface area contributed by atoms with Gasteiger partial charge in [0.15, 0.2) is 0 Å². The predicted molar refractivity (Wildman–Crippen MR) is 59.8 cm³/mol. The Bertz CT molecular complexity index is 451. The topological polar surface area (TPSA) is 38.0 Å². The van der Waals surface area contributed by atoms with Gasteiger partial charge in [0.2, 0.25) is 0 Å². The van der Waals surface area contributed by atoms with Crippen LogP contribution in [0.5, 0.6) is 0 Å². The molecule has 5 heteroatoms. The smallest absolute Gasteiger partial charge is 0.131 e. The number of rotatable bonds is 3. The molecule has 2 aromatic rings. The third-order valence-electron chi connectivity index (χ3n) is 2.28. The fourth-order valence-corrected chi connectivity index (χ4v) is 2.34. The molecule has 0 aliphatic heterocycles. The molecular formula is C11H10F2N2S. The number of halogens is 2. The summed E-state index contributed by atoms with van der Waals surface area (Å²) in [5, 5.41) is 1.83. The van der Waals surface area contributed by atoms with E-state index in [1.807, 2.05) is 11.4 Å². The van der Waals surface area contributed by atoms with Crippen molar-refractivity contribution in [2.75, 3.05) is 0 Å². The van der Waals surface area contributed by atoms with Crippen molar-refractivity contribution in [1.29, 1.82) is 0 Å². The standard InChI is InChI=1S/C11H10F2N2S/c12-7-3-1-4-8(13)10(7)11(15-14)9-5-2-6-16-9/h1-6,11,15H,14H2. The number of nitrogens with one attached hydrogen (secondary N) is 1. The first-order chi connectivity index (χ1) is 7.74. The van der Waals surface area contributed by atoms with E-state index in [4.69, 9.17) is 5.84 Å². The lowest BCUT2D eigenvalue weighted by molar-refractivity contribution is 0.513. The molecule has 1 unspecified atom stereocenters. The van der Waals surface area contributed by atoms with Crippen LogP contribution in [-0.4, -0.2) is 0 Å². The van der Waals surface area contributed by atoms with E-state index in [0.717, 1.165) is 4.88 Å². The van der Waals surface area contributed by atoms with Crippen LogP contribution >= 0.6 is 11.3 Å². The van der Waals surface area contributed by atoms with Crippen molar-refractivity contribution in [1.82, 2.24) is 5.43 Å². The van der Waals surface area contributed by atoms with Gasteiger partial charge in [0, 0.05) is 10.4 Å². The number of hydrogen-bond acceptors (Lipinski definition) is 3. The highest BCUT2D eigenvalue weighted by molar-refractivity contribution is 7.10. The van der Waals surface area contributed by atoms with Gasteiger partial charge in [-0.1, -0.05) is 12.1 Å². The minimum atomic E-state index is -0.652. The molecule has 0 saturated heterocycles. The van der Waals surface area contributed by atoms with E-state index in [-0.39, 0.29) is 5.56 Å². The molecule has 84 valence electrons. The third-order valence-corrected chi connectivity index (χ3v) is 3.22. The van der Waals surface area contributed by atoms with Gasteiger partial charge in [-0.3, -0.25) is 5.84 Å². The summed E-state index contributed by atoms with van der Waals surface area (Å²) >= 11 is 1.39. The van der Waals surface area contributed by atoms with Crippen molar-refractivity contribution >= 4 is 11.3 Å². The van der Waals surface area contributed by atoms with Crippen molar-refractivity contribution in [3.8, 4) is 0 Å².